The molecule has 0 aliphatic rings. The van der Waals surface area contributed by atoms with Crippen LogP contribution in [0.2, 0.25) is 5.02 Å². The molecule has 0 saturated carbocycles. The van der Waals surface area contributed by atoms with Crippen molar-refractivity contribution in [3.05, 3.63) is 113 Å². The molecule has 242 valence electrons. The number of nitrogens with one attached hydrogen (secondary N) is 2. The van der Waals surface area contributed by atoms with Crippen LogP contribution in [0.15, 0.2) is 104 Å². The highest BCUT2D eigenvalue weighted by molar-refractivity contribution is 7.89. The summed E-state index contributed by atoms with van der Waals surface area (Å²) in [6.07, 6.45) is 1.22. The highest BCUT2D eigenvalue weighted by atomic mass is 35.5. The second-order valence-electron chi connectivity index (χ2n) is 10.3. The van der Waals surface area contributed by atoms with Crippen LogP contribution >= 0.6 is 11.6 Å². The summed E-state index contributed by atoms with van der Waals surface area (Å²) < 4.78 is 60.8. The fourth-order valence-corrected chi connectivity index (χ4v) is 6.83. The highest BCUT2D eigenvalue weighted by Gasteiger charge is 2.26. The van der Waals surface area contributed by atoms with Crippen LogP contribution < -0.4 is 10.7 Å². The summed E-state index contributed by atoms with van der Waals surface area (Å²) in [4.78, 5) is 23.6. The lowest BCUT2D eigenvalue weighted by molar-refractivity contribution is -0.121. The third-order valence-corrected chi connectivity index (χ3v) is 10.5. The molecule has 46 heavy (non-hydrogen) atoms. The van der Waals surface area contributed by atoms with Gasteiger partial charge in [0.25, 0.3) is 5.91 Å². The van der Waals surface area contributed by atoms with Crippen molar-refractivity contribution in [2.75, 3.05) is 18.9 Å². The molecular formula is C31H32ClN5O7S2. The van der Waals surface area contributed by atoms with Crippen LogP contribution in [0.1, 0.15) is 29.6 Å². The number of carbonyl (C=O) groups is 2. The Morgan fingerprint density at radius 2 is 1.46 bits per heavy atom. The zero-order chi connectivity index (χ0) is 33.5. The van der Waals surface area contributed by atoms with E-state index in [2.05, 4.69) is 15.8 Å². The lowest BCUT2D eigenvalue weighted by Gasteiger charge is -2.21. The van der Waals surface area contributed by atoms with E-state index < -0.39 is 32.5 Å². The van der Waals surface area contributed by atoms with Crippen LogP contribution in [0.3, 0.4) is 0 Å². The van der Waals surface area contributed by atoms with Crippen LogP contribution in [-0.2, 0) is 42.7 Å². The summed E-state index contributed by atoms with van der Waals surface area (Å²) in [5.74, 6) is -0.442. The van der Waals surface area contributed by atoms with Gasteiger partial charge in [0, 0.05) is 31.2 Å². The van der Waals surface area contributed by atoms with Gasteiger partial charge in [-0.1, -0.05) is 41.4 Å². The molecule has 0 bridgehead atoms. The lowest BCUT2D eigenvalue weighted by Crippen LogP contribution is -2.36. The summed E-state index contributed by atoms with van der Waals surface area (Å²) in [6.45, 7) is 2.75. The van der Waals surface area contributed by atoms with Crippen molar-refractivity contribution in [3.63, 3.8) is 0 Å². The van der Waals surface area contributed by atoms with Crippen LogP contribution in [0.5, 0.6) is 0 Å². The summed E-state index contributed by atoms with van der Waals surface area (Å²) in [5, 5.41) is 6.80. The van der Waals surface area contributed by atoms with Gasteiger partial charge in [0.1, 0.15) is 11.5 Å². The van der Waals surface area contributed by atoms with Crippen molar-refractivity contribution in [1.82, 2.24) is 14.0 Å². The highest BCUT2D eigenvalue weighted by Crippen LogP contribution is 2.24. The van der Waals surface area contributed by atoms with Gasteiger partial charge in [-0.05, 0) is 73.2 Å². The number of sulfonamides is 2. The topological polar surface area (TPSA) is 158 Å². The Balaban J connectivity index is 1.40. The number of hydrazone groups is 1. The molecule has 0 spiro atoms. The second-order valence-corrected chi connectivity index (χ2v) is 14.7. The first-order valence-corrected chi connectivity index (χ1v) is 17.1. The Bertz CT molecular complexity index is 1930. The van der Waals surface area contributed by atoms with Crippen molar-refractivity contribution in [2.45, 2.75) is 36.7 Å². The molecule has 0 unspecified atom stereocenters. The molecule has 4 aromatic rings. The molecule has 2 amide bonds. The predicted molar refractivity (Wildman–Crippen MR) is 174 cm³/mol. The summed E-state index contributed by atoms with van der Waals surface area (Å²) >= 11 is 5.97. The first-order chi connectivity index (χ1) is 21.7. The first kappa shape index (κ1) is 34.5. The quantitative estimate of drug-likeness (QED) is 0.156. The number of hydrogen-bond acceptors (Lipinski definition) is 8. The lowest BCUT2D eigenvalue weighted by atomic mass is 10.1. The molecule has 0 atom stereocenters. The van der Waals surface area contributed by atoms with Crippen molar-refractivity contribution in [2.24, 2.45) is 5.10 Å². The number of halogens is 1. The van der Waals surface area contributed by atoms with Crippen molar-refractivity contribution in [3.8, 4) is 0 Å². The van der Waals surface area contributed by atoms with Crippen molar-refractivity contribution >= 4 is 55.4 Å². The molecule has 0 aliphatic heterocycles. The van der Waals surface area contributed by atoms with Crippen molar-refractivity contribution < 1.29 is 30.8 Å². The first-order valence-electron chi connectivity index (χ1n) is 13.8. The fraction of sp³-hybridized carbons (Fsp3) is 0.194. The van der Waals surface area contributed by atoms with Crippen LogP contribution in [0.4, 0.5) is 5.69 Å². The number of aryl methyl sites for hydroxylation is 1. The van der Waals surface area contributed by atoms with E-state index in [-0.39, 0.29) is 34.5 Å². The van der Waals surface area contributed by atoms with Gasteiger partial charge in [-0.25, -0.2) is 22.3 Å². The average molecular weight is 686 g/mol. The number of rotatable bonds is 13. The molecule has 12 nitrogen and oxygen atoms in total. The van der Waals surface area contributed by atoms with Gasteiger partial charge in [0.15, 0.2) is 0 Å². The SMILES string of the molecule is CC(=O)Nc1ccc(S(=O)(=O)N(C)CC(=O)N/N=C/c2ccc(CN(Cc3ccc(C)cc3)S(=O)(=O)c3ccc(Cl)cc3)o2)cc1. The molecule has 0 radical (unpaired) electrons. The molecular weight excluding hydrogens is 654 g/mol. The van der Waals surface area contributed by atoms with Gasteiger partial charge in [0.05, 0.1) is 29.1 Å². The largest absolute Gasteiger partial charge is 0.459 e. The Morgan fingerprint density at radius 1 is 0.848 bits per heavy atom. The number of nitrogens with zero attached hydrogens (tertiary/aromatic N) is 3. The fourth-order valence-electron chi connectivity index (χ4n) is 4.19. The normalized spacial score (nSPS) is 12.1. The van der Waals surface area contributed by atoms with Crippen LogP contribution in [0, 0.1) is 6.92 Å². The minimum absolute atomic E-state index is 0.0574. The molecule has 4 rings (SSSR count). The Morgan fingerprint density at radius 3 is 2.09 bits per heavy atom. The minimum atomic E-state index is -3.99. The van der Waals surface area contributed by atoms with E-state index >= 15 is 0 Å². The predicted octanol–water partition coefficient (Wildman–Crippen LogP) is 4.36. The number of likely N-dealkylation sites (N-methyl/N-ethyl adjacent to an activating group) is 1. The molecule has 0 fully saturated rings. The van der Waals surface area contributed by atoms with Gasteiger partial charge in [0.2, 0.25) is 26.0 Å². The van der Waals surface area contributed by atoms with E-state index in [1.807, 2.05) is 31.2 Å². The van der Waals surface area contributed by atoms with Gasteiger partial charge >= 0.3 is 0 Å². The molecule has 0 aliphatic carbocycles. The number of carbonyl (C=O) groups excluding carboxylic acids is 2. The number of furan rings is 1. The van der Waals surface area contributed by atoms with Crippen LogP contribution in [-0.4, -0.2) is 57.1 Å². The maximum absolute atomic E-state index is 13.6. The third-order valence-electron chi connectivity index (χ3n) is 6.58. The van der Waals surface area contributed by atoms with Gasteiger partial charge in [-0.3, -0.25) is 9.59 Å². The minimum Gasteiger partial charge on any atom is -0.459 e. The van der Waals surface area contributed by atoms with Gasteiger partial charge in [-0.2, -0.15) is 13.7 Å². The Labute approximate surface area is 272 Å². The zero-order valence-electron chi connectivity index (χ0n) is 25.2. The maximum Gasteiger partial charge on any atom is 0.255 e. The smallest absolute Gasteiger partial charge is 0.255 e. The van der Waals surface area contributed by atoms with E-state index in [0.717, 1.165) is 15.4 Å². The maximum atomic E-state index is 13.6. The Hall–Kier alpha value is -4.34. The third kappa shape index (κ3) is 9.11. The number of hydrogen-bond donors (Lipinski definition) is 2. The molecule has 2 N–H and O–H groups in total. The second kappa shape index (κ2) is 14.8. The molecule has 3 aromatic carbocycles. The molecule has 0 saturated heterocycles. The molecule has 1 aromatic heterocycles. The summed E-state index contributed by atoms with van der Waals surface area (Å²) in [7, 11) is -6.69. The number of benzene rings is 3. The van der Waals surface area contributed by atoms with E-state index in [4.69, 9.17) is 16.0 Å². The number of amides is 2. The van der Waals surface area contributed by atoms with E-state index in [1.54, 1.807) is 12.1 Å². The molecule has 1 heterocycles. The monoisotopic (exact) mass is 685 g/mol. The standard InChI is InChI=1S/C31H32ClN5O7S2/c1-22-4-6-24(7-5-22)19-37(46(42,43)30-14-8-25(32)9-15-30)20-28-13-12-27(44-28)18-33-35-31(39)21-36(3)45(40,41)29-16-10-26(11-17-29)34-23(2)38/h4-18H,19-21H2,1-3H3,(H,34,38)(H,35,39)/b33-18+. The van der Waals surface area contributed by atoms with E-state index in [0.29, 0.717) is 16.5 Å². The van der Waals surface area contributed by atoms with Crippen molar-refractivity contribution in [1.29, 1.82) is 0 Å². The average Bonchev–Trinajstić information content (AvgIpc) is 3.45. The van der Waals surface area contributed by atoms with Gasteiger partial charge < -0.3 is 9.73 Å². The van der Waals surface area contributed by atoms with E-state index in [1.165, 1.54) is 73.0 Å². The van der Waals surface area contributed by atoms with Crippen LogP contribution in [0.25, 0.3) is 0 Å². The Kier molecular flexibility index (Phi) is 11.1. The van der Waals surface area contributed by atoms with Gasteiger partial charge in [-0.15, -0.1) is 0 Å². The van der Waals surface area contributed by atoms with E-state index in [9.17, 15) is 26.4 Å². The number of anilines is 1. The summed E-state index contributed by atoms with van der Waals surface area (Å²) in [6, 6.07) is 22.1. The molecule has 15 heteroatoms. The zero-order valence-corrected chi connectivity index (χ0v) is 27.6. The summed E-state index contributed by atoms with van der Waals surface area (Å²) in [5.41, 5.74) is 4.52.